The summed E-state index contributed by atoms with van der Waals surface area (Å²) in [6.45, 7) is 9.75. The number of hydrogen-bond acceptors (Lipinski definition) is 4. The molecular formula is C18H26N2O4. The number of aromatic carboxylic acids is 1. The van der Waals surface area contributed by atoms with Crippen LogP contribution in [0.15, 0.2) is 18.2 Å². The number of benzene rings is 1. The lowest BCUT2D eigenvalue weighted by Gasteiger charge is -2.28. The molecular weight excluding hydrogens is 308 g/mol. The first-order chi connectivity index (χ1) is 11.1. The van der Waals surface area contributed by atoms with Gasteiger partial charge in [0.15, 0.2) is 5.78 Å². The fourth-order valence-electron chi connectivity index (χ4n) is 2.09. The molecule has 0 aromatic heterocycles. The van der Waals surface area contributed by atoms with Crippen molar-refractivity contribution in [3.05, 3.63) is 23.8 Å². The van der Waals surface area contributed by atoms with E-state index in [2.05, 4.69) is 5.32 Å². The van der Waals surface area contributed by atoms with Crippen molar-refractivity contribution in [1.82, 2.24) is 0 Å². The minimum Gasteiger partial charge on any atom is -0.478 e. The van der Waals surface area contributed by atoms with E-state index in [-0.39, 0.29) is 23.8 Å². The van der Waals surface area contributed by atoms with Crippen molar-refractivity contribution in [2.45, 2.75) is 41.0 Å². The summed E-state index contributed by atoms with van der Waals surface area (Å²) in [4.78, 5) is 37.1. The maximum atomic E-state index is 12.3. The van der Waals surface area contributed by atoms with Crippen LogP contribution < -0.4 is 10.2 Å². The van der Waals surface area contributed by atoms with Gasteiger partial charge >= 0.3 is 5.97 Å². The quantitative estimate of drug-likeness (QED) is 0.800. The van der Waals surface area contributed by atoms with E-state index in [0.717, 1.165) is 0 Å². The first kappa shape index (κ1) is 19.7. The molecule has 0 aliphatic heterocycles. The van der Waals surface area contributed by atoms with Gasteiger partial charge in [-0.15, -0.1) is 0 Å². The summed E-state index contributed by atoms with van der Waals surface area (Å²) in [7, 11) is 0. The maximum absolute atomic E-state index is 12.3. The second kappa shape index (κ2) is 7.95. The summed E-state index contributed by atoms with van der Waals surface area (Å²) in [6, 6.07) is 4.71. The van der Waals surface area contributed by atoms with E-state index in [0.29, 0.717) is 24.3 Å². The van der Waals surface area contributed by atoms with Crippen LogP contribution in [0.5, 0.6) is 0 Å². The van der Waals surface area contributed by atoms with Gasteiger partial charge < -0.3 is 15.3 Å². The molecule has 0 spiro atoms. The lowest BCUT2D eigenvalue weighted by Crippen LogP contribution is -2.36. The van der Waals surface area contributed by atoms with Crippen LogP contribution in [0.1, 0.15) is 51.4 Å². The van der Waals surface area contributed by atoms with Crippen LogP contribution in [0.2, 0.25) is 0 Å². The Morgan fingerprint density at radius 2 is 1.79 bits per heavy atom. The number of nitrogens with zero attached hydrogens (tertiary/aromatic N) is 1. The van der Waals surface area contributed by atoms with Gasteiger partial charge in [0.05, 0.1) is 17.8 Å². The van der Waals surface area contributed by atoms with Crippen molar-refractivity contribution in [3.63, 3.8) is 0 Å². The van der Waals surface area contributed by atoms with Crippen LogP contribution in [-0.2, 0) is 9.59 Å². The standard InChI is InChI=1S/C18H26N2O4/c1-6-16(22)19-12-8-9-14(13(10-12)17(23)24)20(7-2)11-15(21)18(3,4)5/h8-10H,6-7,11H2,1-5H3,(H,19,22)(H,23,24). The second-order valence-electron chi connectivity index (χ2n) is 6.63. The van der Waals surface area contributed by atoms with Gasteiger partial charge in [-0.1, -0.05) is 27.7 Å². The Morgan fingerprint density at radius 3 is 2.25 bits per heavy atom. The van der Waals surface area contributed by atoms with E-state index >= 15 is 0 Å². The van der Waals surface area contributed by atoms with Crippen LogP contribution in [0.25, 0.3) is 0 Å². The van der Waals surface area contributed by atoms with Gasteiger partial charge in [0, 0.05) is 24.1 Å². The van der Waals surface area contributed by atoms with Gasteiger partial charge in [-0.2, -0.15) is 0 Å². The fraction of sp³-hybridized carbons (Fsp3) is 0.500. The molecule has 0 radical (unpaired) electrons. The Bertz CT molecular complexity index is 632. The SMILES string of the molecule is CCC(=O)Nc1ccc(N(CC)CC(=O)C(C)(C)C)c(C(=O)O)c1. The molecule has 0 unspecified atom stereocenters. The number of anilines is 2. The van der Waals surface area contributed by atoms with E-state index in [4.69, 9.17) is 0 Å². The highest BCUT2D eigenvalue weighted by Gasteiger charge is 2.25. The molecule has 0 bridgehead atoms. The molecule has 1 rings (SSSR count). The highest BCUT2D eigenvalue weighted by Crippen LogP contribution is 2.26. The van der Waals surface area contributed by atoms with Gasteiger partial charge in [0.25, 0.3) is 0 Å². The Labute approximate surface area is 142 Å². The minimum atomic E-state index is -1.10. The summed E-state index contributed by atoms with van der Waals surface area (Å²) >= 11 is 0. The molecule has 0 aliphatic rings. The number of carbonyl (C=O) groups is 3. The van der Waals surface area contributed by atoms with Gasteiger partial charge in [0.1, 0.15) is 0 Å². The van der Waals surface area contributed by atoms with E-state index in [1.165, 1.54) is 6.07 Å². The molecule has 0 atom stereocenters. The lowest BCUT2D eigenvalue weighted by molar-refractivity contribution is -0.124. The van der Waals surface area contributed by atoms with Crippen LogP contribution in [0.4, 0.5) is 11.4 Å². The zero-order valence-electron chi connectivity index (χ0n) is 15.0. The third kappa shape index (κ3) is 5.08. The van der Waals surface area contributed by atoms with Gasteiger partial charge in [-0.25, -0.2) is 4.79 Å². The molecule has 0 heterocycles. The van der Waals surface area contributed by atoms with E-state index in [1.807, 2.05) is 27.7 Å². The van der Waals surface area contributed by atoms with E-state index in [1.54, 1.807) is 24.0 Å². The number of amides is 1. The zero-order valence-corrected chi connectivity index (χ0v) is 15.0. The highest BCUT2D eigenvalue weighted by atomic mass is 16.4. The molecule has 6 heteroatoms. The van der Waals surface area contributed by atoms with Crippen molar-refractivity contribution in [1.29, 1.82) is 0 Å². The predicted molar refractivity (Wildman–Crippen MR) is 94.7 cm³/mol. The summed E-state index contributed by atoms with van der Waals surface area (Å²) in [6.07, 6.45) is 0.311. The van der Waals surface area contributed by atoms with Crippen molar-refractivity contribution in [3.8, 4) is 0 Å². The Morgan fingerprint density at radius 1 is 1.17 bits per heavy atom. The second-order valence-corrected chi connectivity index (χ2v) is 6.63. The molecule has 24 heavy (non-hydrogen) atoms. The summed E-state index contributed by atoms with van der Waals surface area (Å²) < 4.78 is 0. The monoisotopic (exact) mass is 334 g/mol. The third-order valence-corrected chi connectivity index (χ3v) is 3.73. The first-order valence-corrected chi connectivity index (χ1v) is 8.05. The fourth-order valence-corrected chi connectivity index (χ4v) is 2.09. The van der Waals surface area contributed by atoms with Crippen molar-refractivity contribution in [2.24, 2.45) is 5.41 Å². The number of carboxylic acids is 1. The molecule has 0 saturated heterocycles. The van der Waals surface area contributed by atoms with E-state index < -0.39 is 11.4 Å². The number of nitrogens with one attached hydrogen (secondary N) is 1. The molecule has 1 amide bonds. The van der Waals surface area contributed by atoms with Gasteiger partial charge in [-0.05, 0) is 25.1 Å². The summed E-state index contributed by atoms with van der Waals surface area (Å²) in [5, 5.41) is 12.1. The molecule has 6 nitrogen and oxygen atoms in total. The van der Waals surface area contributed by atoms with Crippen molar-refractivity contribution >= 4 is 29.0 Å². The molecule has 0 fully saturated rings. The van der Waals surface area contributed by atoms with Crippen molar-refractivity contribution < 1.29 is 19.5 Å². The Balaban J connectivity index is 3.18. The summed E-state index contributed by atoms with van der Waals surface area (Å²) in [5.41, 5.74) is 0.469. The topological polar surface area (TPSA) is 86.7 Å². The first-order valence-electron chi connectivity index (χ1n) is 8.05. The number of Topliss-reactive ketones (excluding diaryl/α,β-unsaturated/α-hetero) is 1. The number of ketones is 1. The average molecular weight is 334 g/mol. The number of rotatable bonds is 7. The Hall–Kier alpha value is -2.37. The zero-order chi connectivity index (χ0) is 18.5. The number of carboxylic acid groups (broad SMARTS) is 1. The molecule has 1 aromatic rings. The maximum Gasteiger partial charge on any atom is 0.337 e. The van der Waals surface area contributed by atoms with Gasteiger partial charge in [0.2, 0.25) is 5.91 Å². The number of likely N-dealkylation sites (N-methyl/N-ethyl adjacent to an activating group) is 1. The molecule has 0 saturated carbocycles. The molecule has 132 valence electrons. The van der Waals surface area contributed by atoms with Gasteiger partial charge in [-0.3, -0.25) is 9.59 Å². The van der Waals surface area contributed by atoms with Crippen LogP contribution >= 0.6 is 0 Å². The highest BCUT2D eigenvalue weighted by molar-refractivity contribution is 5.99. The number of hydrogen-bond donors (Lipinski definition) is 2. The van der Waals surface area contributed by atoms with Crippen LogP contribution in [-0.4, -0.2) is 35.9 Å². The minimum absolute atomic E-state index is 0.0315. The smallest absolute Gasteiger partial charge is 0.337 e. The van der Waals surface area contributed by atoms with Crippen LogP contribution in [0, 0.1) is 5.41 Å². The largest absolute Gasteiger partial charge is 0.478 e. The summed E-state index contributed by atoms with van der Waals surface area (Å²) in [5.74, 6) is -1.25. The van der Waals surface area contributed by atoms with Crippen LogP contribution in [0.3, 0.4) is 0 Å². The van der Waals surface area contributed by atoms with E-state index in [9.17, 15) is 19.5 Å². The number of carbonyl (C=O) groups excluding carboxylic acids is 2. The molecule has 1 aromatic carbocycles. The predicted octanol–water partition coefficient (Wildman–Crippen LogP) is 3.17. The average Bonchev–Trinajstić information content (AvgIpc) is 2.51. The molecule has 2 N–H and O–H groups in total. The third-order valence-electron chi connectivity index (χ3n) is 3.73. The van der Waals surface area contributed by atoms with Crippen molar-refractivity contribution in [2.75, 3.05) is 23.3 Å². The molecule has 0 aliphatic carbocycles. The normalized spacial score (nSPS) is 11.0. The Kier molecular flexibility index (Phi) is 6.51. The lowest BCUT2D eigenvalue weighted by atomic mass is 9.90.